The summed E-state index contributed by atoms with van der Waals surface area (Å²) in [5, 5.41) is 7.09. The van der Waals surface area contributed by atoms with Gasteiger partial charge in [-0.2, -0.15) is 0 Å². The maximum atomic E-state index is 11.5. The standard InChI is InChI=1S/C11H15N3O3S/c1-2-17-9(15)4-3-7-18-11-13-12-10(16)14(11)8-5-6-8/h3-4,8H,2,5-7H2,1H3,(H,12,16)/b4-3+. The molecular formula is C11H15N3O3S. The second kappa shape index (κ2) is 5.90. The average molecular weight is 269 g/mol. The van der Waals surface area contributed by atoms with E-state index < -0.39 is 0 Å². The van der Waals surface area contributed by atoms with Crippen LogP contribution in [-0.4, -0.2) is 33.1 Å². The molecule has 0 spiro atoms. The topological polar surface area (TPSA) is 77.0 Å². The van der Waals surface area contributed by atoms with E-state index in [-0.39, 0.29) is 11.7 Å². The van der Waals surface area contributed by atoms with E-state index in [2.05, 4.69) is 10.2 Å². The number of rotatable bonds is 6. The average Bonchev–Trinajstić information content (AvgIpc) is 3.10. The molecule has 1 saturated carbocycles. The van der Waals surface area contributed by atoms with Crippen molar-refractivity contribution in [3.63, 3.8) is 0 Å². The molecule has 0 aliphatic heterocycles. The Morgan fingerprint density at radius 2 is 2.44 bits per heavy atom. The van der Waals surface area contributed by atoms with E-state index in [4.69, 9.17) is 4.74 Å². The summed E-state index contributed by atoms with van der Waals surface area (Å²) in [7, 11) is 0. The molecule has 0 unspecified atom stereocenters. The van der Waals surface area contributed by atoms with E-state index in [0.29, 0.717) is 23.6 Å². The second-order valence-corrected chi connectivity index (χ2v) is 4.87. The van der Waals surface area contributed by atoms with Crippen LogP contribution in [0.3, 0.4) is 0 Å². The smallest absolute Gasteiger partial charge is 0.344 e. The Labute approximate surface area is 108 Å². The highest BCUT2D eigenvalue weighted by Crippen LogP contribution is 2.35. The first-order valence-corrected chi connectivity index (χ1v) is 6.84. The number of hydrogen-bond acceptors (Lipinski definition) is 5. The molecule has 1 fully saturated rings. The molecule has 1 aromatic rings. The van der Waals surface area contributed by atoms with Gasteiger partial charge in [0, 0.05) is 17.9 Å². The van der Waals surface area contributed by atoms with Crippen LogP contribution >= 0.6 is 11.8 Å². The van der Waals surface area contributed by atoms with Crippen molar-refractivity contribution < 1.29 is 9.53 Å². The van der Waals surface area contributed by atoms with Gasteiger partial charge in [0.15, 0.2) is 5.16 Å². The van der Waals surface area contributed by atoms with E-state index in [1.807, 2.05) is 0 Å². The lowest BCUT2D eigenvalue weighted by atomic mass is 10.5. The molecule has 6 nitrogen and oxygen atoms in total. The third-order valence-corrected chi connectivity index (χ3v) is 3.34. The number of nitrogens with one attached hydrogen (secondary N) is 1. The molecular weight excluding hydrogens is 254 g/mol. The number of carbonyl (C=O) groups excluding carboxylic acids is 1. The van der Waals surface area contributed by atoms with Gasteiger partial charge in [-0.05, 0) is 19.8 Å². The highest BCUT2D eigenvalue weighted by Gasteiger charge is 2.28. The number of aromatic amines is 1. The molecule has 1 aromatic heterocycles. The highest BCUT2D eigenvalue weighted by molar-refractivity contribution is 7.99. The summed E-state index contributed by atoms with van der Waals surface area (Å²) in [6.07, 6.45) is 5.17. The van der Waals surface area contributed by atoms with Crippen molar-refractivity contribution >= 4 is 17.7 Å². The van der Waals surface area contributed by atoms with Crippen LogP contribution in [0.25, 0.3) is 0 Å². The minimum Gasteiger partial charge on any atom is -0.463 e. The summed E-state index contributed by atoms with van der Waals surface area (Å²) in [5.74, 6) is 0.232. The van der Waals surface area contributed by atoms with Crippen LogP contribution in [0.2, 0.25) is 0 Å². The number of nitrogens with zero attached hydrogens (tertiary/aromatic N) is 2. The molecule has 2 rings (SSSR count). The van der Waals surface area contributed by atoms with Gasteiger partial charge in [-0.25, -0.2) is 14.7 Å². The fraction of sp³-hybridized carbons (Fsp3) is 0.545. The SMILES string of the molecule is CCOC(=O)/C=C/CSc1n[nH]c(=O)n1C1CC1. The maximum absolute atomic E-state index is 11.5. The van der Waals surface area contributed by atoms with Gasteiger partial charge in [-0.1, -0.05) is 17.8 Å². The first-order valence-electron chi connectivity index (χ1n) is 5.85. The number of aromatic nitrogens is 3. The van der Waals surface area contributed by atoms with Crippen LogP contribution in [0.1, 0.15) is 25.8 Å². The largest absolute Gasteiger partial charge is 0.463 e. The molecule has 0 amide bonds. The minimum absolute atomic E-state index is 0.158. The molecule has 98 valence electrons. The van der Waals surface area contributed by atoms with Gasteiger partial charge < -0.3 is 4.74 Å². The second-order valence-electron chi connectivity index (χ2n) is 3.88. The predicted molar refractivity (Wildman–Crippen MR) is 67.6 cm³/mol. The molecule has 0 bridgehead atoms. The van der Waals surface area contributed by atoms with E-state index in [0.717, 1.165) is 12.8 Å². The third-order valence-electron chi connectivity index (χ3n) is 2.43. The monoisotopic (exact) mass is 269 g/mol. The van der Waals surface area contributed by atoms with E-state index in [9.17, 15) is 9.59 Å². The van der Waals surface area contributed by atoms with Gasteiger partial charge in [0.2, 0.25) is 0 Å². The van der Waals surface area contributed by atoms with Gasteiger partial charge >= 0.3 is 11.7 Å². The van der Waals surface area contributed by atoms with Gasteiger partial charge in [-0.3, -0.25) is 4.57 Å². The zero-order valence-electron chi connectivity index (χ0n) is 10.1. The predicted octanol–water partition coefficient (Wildman–Crippen LogP) is 1.12. The summed E-state index contributed by atoms with van der Waals surface area (Å²) in [6, 6.07) is 0.299. The molecule has 1 heterocycles. The maximum Gasteiger partial charge on any atom is 0.344 e. The summed E-state index contributed by atoms with van der Waals surface area (Å²) in [5.41, 5.74) is -0.158. The number of carbonyl (C=O) groups is 1. The van der Waals surface area contributed by atoms with Gasteiger partial charge in [0.05, 0.1) is 6.61 Å². The first-order chi connectivity index (χ1) is 8.72. The number of thioether (sulfide) groups is 1. The van der Waals surface area contributed by atoms with E-state index >= 15 is 0 Å². The zero-order valence-corrected chi connectivity index (χ0v) is 10.9. The van der Waals surface area contributed by atoms with Gasteiger partial charge in [0.25, 0.3) is 0 Å². The van der Waals surface area contributed by atoms with Crippen LogP contribution in [0, 0.1) is 0 Å². The van der Waals surface area contributed by atoms with Crippen molar-refractivity contribution in [1.82, 2.24) is 14.8 Å². The normalized spacial score (nSPS) is 15.2. The van der Waals surface area contributed by atoms with Crippen molar-refractivity contribution in [2.75, 3.05) is 12.4 Å². The van der Waals surface area contributed by atoms with Crippen LogP contribution in [0.15, 0.2) is 22.1 Å². The highest BCUT2D eigenvalue weighted by atomic mass is 32.2. The Kier molecular flexibility index (Phi) is 4.24. The van der Waals surface area contributed by atoms with Crippen molar-refractivity contribution in [2.24, 2.45) is 0 Å². The Balaban J connectivity index is 1.87. The molecule has 1 aliphatic carbocycles. The Morgan fingerprint density at radius 1 is 1.67 bits per heavy atom. The lowest BCUT2D eigenvalue weighted by Gasteiger charge is -2.00. The van der Waals surface area contributed by atoms with Gasteiger partial charge in [0.1, 0.15) is 0 Å². The zero-order chi connectivity index (χ0) is 13.0. The summed E-state index contributed by atoms with van der Waals surface area (Å²) in [4.78, 5) is 22.5. The number of hydrogen-bond donors (Lipinski definition) is 1. The molecule has 0 radical (unpaired) electrons. The Morgan fingerprint density at radius 3 is 3.11 bits per heavy atom. The summed E-state index contributed by atoms with van der Waals surface area (Å²) in [6.45, 7) is 2.13. The fourth-order valence-electron chi connectivity index (χ4n) is 1.50. The molecule has 0 atom stereocenters. The number of H-pyrrole nitrogens is 1. The molecule has 0 saturated heterocycles. The van der Waals surface area contributed by atoms with Crippen LogP contribution in [-0.2, 0) is 9.53 Å². The Hall–Kier alpha value is -1.50. The van der Waals surface area contributed by atoms with Crippen molar-refractivity contribution in [3.05, 3.63) is 22.6 Å². The quantitative estimate of drug-likeness (QED) is 0.475. The summed E-state index contributed by atoms with van der Waals surface area (Å²) < 4.78 is 6.44. The molecule has 1 aliphatic rings. The minimum atomic E-state index is -0.347. The van der Waals surface area contributed by atoms with Gasteiger partial charge in [-0.15, -0.1) is 5.10 Å². The number of ether oxygens (including phenoxy) is 1. The van der Waals surface area contributed by atoms with Crippen molar-refractivity contribution in [2.45, 2.75) is 31.0 Å². The third kappa shape index (κ3) is 3.25. The van der Waals surface area contributed by atoms with Crippen LogP contribution in [0.4, 0.5) is 0 Å². The van der Waals surface area contributed by atoms with E-state index in [1.165, 1.54) is 17.8 Å². The van der Waals surface area contributed by atoms with Crippen molar-refractivity contribution in [1.29, 1.82) is 0 Å². The molecule has 7 heteroatoms. The lowest BCUT2D eigenvalue weighted by molar-refractivity contribution is -0.137. The first kappa shape index (κ1) is 12.9. The molecule has 0 aromatic carbocycles. The lowest BCUT2D eigenvalue weighted by Crippen LogP contribution is -2.16. The fourth-order valence-corrected chi connectivity index (χ4v) is 2.33. The van der Waals surface area contributed by atoms with Crippen LogP contribution < -0.4 is 5.69 Å². The number of esters is 1. The Bertz CT molecular complexity index is 502. The van der Waals surface area contributed by atoms with E-state index in [1.54, 1.807) is 17.6 Å². The molecule has 18 heavy (non-hydrogen) atoms. The summed E-state index contributed by atoms with van der Waals surface area (Å²) >= 11 is 1.42. The van der Waals surface area contributed by atoms with Crippen molar-refractivity contribution in [3.8, 4) is 0 Å². The molecule has 1 N–H and O–H groups in total. The van der Waals surface area contributed by atoms with Crippen LogP contribution in [0.5, 0.6) is 0 Å².